The number of rotatable bonds is 5. The summed E-state index contributed by atoms with van der Waals surface area (Å²) in [7, 11) is 0. The fraction of sp³-hybridized carbons (Fsp3) is 0.130. The number of benzene rings is 2. The SMILES string of the molecule is Cc1oc(-c2ccccc2)nc1Cc1cc2cc(Cc3sc(=O)[nH]c3O)ccc2o1. The van der Waals surface area contributed by atoms with E-state index in [1.807, 2.05) is 61.5 Å². The highest BCUT2D eigenvalue weighted by atomic mass is 32.1. The van der Waals surface area contributed by atoms with Crippen LogP contribution in [0.5, 0.6) is 5.88 Å². The molecule has 0 amide bonds. The van der Waals surface area contributed by atoms with Gasteiger partial charge in [0.25, 0.3) is 0 Å². The van der Waals surface area contributed by atoms with E-state index in [-0.39, 0.29) is 10.8 Å². The zero-order chi connectivity index (χ0) is 20.7. The van der Waals surface area contributed by atoms with E-state index >= 15 is 0 Å². The van der Waals surface area contributed by atoms with E-state index < -0.39 is 0 Å². The molecule has 0 radical (unpaired) electrons. The number of aromatic hydroxyl groups is 1. The Hall–Kier alpha value is -3.58. The molecule has 0 spiro atoms. The Morgan fingerprint density at radius 1 is 1.07 bits per heavy atom. The molecule has 0 aliphatic carbocycles. The quantitative estimate of drug-likeness (QED) is 0.417. The van der Waals surface area contributed by atoms with Crippen molar-refractivity contribution in [3.8, 4) is 17.3 Å². The molecule has 0 aliphatic heterocycles. The second-order valence-electron chi connectivity index (χ2n) is 7.11. The number of aromatic nitrogens is 2. The number of aryl methyl sites for hydroxylation is 1. The van der Waals surface area contributed by atoms with Crippen LogP contribution in [-0.4, -0.2) is 15.1 Å². The molecule has 0 atom stereocenters. The smallest absolute Gasteiger partial charge is 0.307 e. The fourth-order valence-electron chi connectivity index (χ4n) is 3.46. The lowest BCUT2D eigenvalue weighted by Crippen LogP contribution is -1.89. The Morgan fingerprint density at radius 3 is 2.67 bits per heavy atom. The molecule has 2 aromatic carbocycles. The number of hydrogen-bond donors (Lipinski definition) is 2. The first-order valence-electron chi connectivity index (χ1n) is 9.49. The molecular weight excluding hydrogens is 400 g/mol. The molecule has 0 saturated heterocycles. The molecule has 3 heterocycles. The van der Waals surface area contributed by atoms with Gasteiger partial charge in [0.15, 0.2) is 0 Å². The molecule has 5 aromatic rings. The van der Waals surface area contributed by atoms with E-state index in [0.717, 1.165) is 50.6 Å². The lowest BCUT2D eigenvalue weighted by atomic mass is 10.1. The molecule has 2 N–H and O–H groups in total. The molecule has 3 aromatic heterocycles. The lowest BCUT2D eigenvalue weighted by molar-refractivity contribution is 0.451. The van der Waals surface area contributed by atoms with Crippen LogP contribution in [0.25, 0.3) is 22.4 Å². The highest BCUT2D eigenvalue weighted by Crippen LogP contribution is 2.28. The van der Waals surface area contributed by atoms with Crippen molar-refractivity contribution in [1.82, 2.24) is 9.97 Å². The maximum absolute atomic E-state index is 11.4. The topological polar surface area (TPSA) is 92.3 Å². The van der Waals surface area contributed by atoms with E-state index in [4.69, 9.17) is 8.83 Å². The number of aromatic amines is 1. The Balaban J connectivity index is 1.40. The third-order valence-corrected chi connectivity index (χ3v) is 5.82. The lowest BCUT2D eigenvalue weighted by Gasteiger charge is -1.99. The van der Waals surface area contributed by atoms with Crippen LogP contribution < -0.4 is 4.87 Å². The van der Waals surface area contributed by atoms with E-state index in [0.29, 0.717) is 23.6 Å². The first-order valence-corrected chi connectivity index (χ1v) is 10.3. The fourth-order valence-corrected chi connectivity index (χ4v) is 4.22. The minimum absolute atomic E-state index is 0.0614. The van der Waals surface area contributed by atoms with Crippen LogP contribution >= 0.6 is 11.3 Å². The summed E-state index contributed by atoms with van der Waals surface area (Å²) in [6, 6.07) is 17.7. The van der Waals surface area contributed by atoms with Crippen molar-refractivity contribution < 1.29 is 13.9 Å². The van der Waals surface area contributed by atoms with E-state index in [9.17, 15) is 9.90 Å². The maximum atomic E-state index is 11.4. The van der Waals surface area contributed by atoms with Gasteiger partial charge in [-0.05, 0) is 42.8 Å². The summed E-state index contributed by atoms with van der Waals surface area (Å²) in [5.74, 6) is 2.11. The highest BCUT2D eigenvalue weighted by Gasteiger charge is 2.15. The number of furan rings is 1. The molecule has 0 aliphatic rings. The number of oxazole rings is 1. The monoisotopic (exact) mass is 418 g/mol. The van der Waals surface area contributed by atoms with Crippen LogP contribution in [0, 0.1) is 6.92 Å². The molecule has 150 valence electrons. The number of fused-ring (bicyclic) bond motifs is 1. The zero-order valence-electron chi connectivity index (χ0n) is 16.1. The van der Waals surface area contributed by atoms with Gasteiger partial charge in [-0.3, -0.25) is 9.78 Å². The second-order valence-corrected chi connectivity index (χ2v) is 8.18. The molecule has 0 saturated carbocycles. The first kappa shape index (κ1) is 18.4. The third kappa shape index (κ3) is 3.55. The van der Waals surface area contributed by atoms with Crippen LogP contribution in [-0.2, 0) is 12.8 Å². The molecular formula is C23H18N2O4S. The van der Waals surface area contributed by atoms with Gasteiger partial charge in [0.05, 0.1) is 17.0 Å². The number of H-pyrrole nitrogens is 1. The van der Waals surface area contributed by atoms with Crippen molar-refractivity contribution in [2.75, 3.05) is 0 Å². The van der Waals surface area contributed by atoms with Crippen LogP contribution in [0.3, 0.4) is 0 Å². The standard InChI is InChI=1S/C23H18N2O4S/c1-13-18(24-22(28-13)15-5-3-2-4-6-15)12-17-11-16-9-14(7-8-19(16)29-17)10-20-21(26)25-23(27)30-20/h2-9,11,26H,10,12H2,1H3,(H,25,27). The molecule has 0 bridgehead atoms. The van der Waals surface area contributed by atoms with Gasteiger partial charge in [0.1, 0.15) is 17.1 Å². The summed E-state index contributed by atoms with van der Waals surface area (Å²) in [5.41, 5.74) is 3.56. The van der Waals surface area contributed by atoms with Crippen molar-refractivity contribution in [3.63, 3.8) is 0 Å². The van der Waals surface area contributed by atoms with Crippen LogP contribution in [0.2, 0.25) is 0 Å². The largest absolute Gasteiger partial charge is 0.494 e. The minimum Gasteiger partial charge on any atom is -0.494 e. The van der Waals surface area contributed by atoms with Gasteiger partial charge in [-0.1, -0.05) is 35.6 Å². The predicted molar refractivity (Wildman–Crippen MR) is 115 cm³/mol. The summed E-state index contributed by atoms with van der Waals surface area (Å²) in [4.78, 5) is 18.8. The number of hydrogen-bond acceptors (Lipinski definition) is 6. The number of nitrogens with zero attached hydrogens (tertiary/aromatic N) is 1. The Kier molecular flexibility index (Phi) is 4.52. The van der Waals surface area contributed by atoms with Gasteiger partial charge in [-0.2, -0.15) is 0 Å². The van der Waals surface area contributed by atoms with Gasteiger partial charge in [0, 0.05) is 17.4 Å². The third-order valence-electron chi connectivity index (χ3n) is 4.95. The Bertz CT molecular complexity index is 1390. The van der Waals surface area contributed by atoms with Crippen molar-refractivity contribution in [2.24, 2.45) is 0 Å². The predicted octanol–water partition coefficient (Wildman–Crippen LogP) is 5.03. The molecule has 0 unspecified atom stereocenters. The normalized spacial score (nSPS) is 11.4. The highest BCUT2D eigenvalue weighted by molar-refractivity contribution is 7.09. The van der Waals surface area contributed by atoms with Gasteiger partial charge < -0.3 is 13.9 Å². The summed E-state index contributed by atoms with van der Waals surface area (Å²) in [6.07, 6.45) is 1.01. The average Bonchev–Trinajstić information content (AvgIpc) is 3.39. The molecule has 30 heavy (non-hydrogen) atoms. The van der Waals surface area contributed by atoms with Crippen molar-refractivity contribution in [1.29, 1.82) is 0 Å². The average molecular weight is 418 g/mol. The van der Waals surface area contributed by atoms with E-state index in [1.54, 1.807) is 0 Å². The van der Waals surface area contributed by atoms with Gasteiger partial charge in [-0.25, -0.2) is 4.98 Å². The van der Waals surface area contributed by atoms with Crippen LogP contribution in [0.15, 0.2) is 68.2 Å². The van der Waals surface area contributed by atoms with Crippen LogP contribution in [0.1, 0.15) is 27.7 Å². The summed E-state index contributed by atoms with van der Waals surface area (Å²) in [5, 5.41) is 10.8. The van der Waals surface area contributed by atoms with Gasteiger partial charge in [0.2, 0.25) is 11.8 Å². The second kappa shape index (κ2) is 7.35. The summed E-state index contributed by atoms with van der Waals surface area (Å²) in [6.45, 7) is 1.91. The molecule has 7 heteroatoms. The van der Waals surface area contributed by atoms with E-state index in [2.05, 4.69) is 9.97 Å². The molecule has 6 nitrogen and oxygen atoms in total. The minimum atomic E-state index is -0.257. The van der Waals surface area contributed by atoms with Gasteiger partial charge in [-0.15, -0.1) is 0 Å². The summed E-state index contributed by atoms with van der Waals surface area (Å²) >= 11 is 1.02. The van der Waals surface area contributed by atoms with Gasteiger partial charge >= 0.3 is 4.87 Å². The number of thiazole rings is 1. The summed E-state index contributed by atoms with van der Waals surface area (Å²) < 4.78 is 11.8. The van der Waals surface area contributed by atoms with Crippen LogP contribution in [0.4, 0.5) is 0 Å². The van der Waals surface area contributed by atoms with E-state index in [1.165, 1.54) is 0 Å². The Labute approximate surface area is 175 Å². The molecule has 5 rings (SSSR count). The number of nitrogens with one attached hydrogen (secondary N) is 1. The zero-order valence-corrected chi connectivity index (χ0v) is 17.0. The van der Waals surface area contributed by atoms with Crippen molar-refractivity contribution in [2.45, 2.75) is 19.8 Å². The molecule has 0 fully saturated rings. The maximum Gasteiger partial charge on any atom is 0.307 e. The Morgan fingerprint density at radius 2 is 1.90 bits per heavy atom. The van der Waals surface area contributed by atoms with Crippen molar-refractivity contribution >= 4 is 22.3 Å². The van der Waals surface area contributed by atoms with Crippen molar-refractivity contribution in [3.05, 3.63) is 91.9 Å². The first-order chi connectivity index (χ1) is 14.5.